The highest BCUT2D eigenvalue weighted by Gasteiger charge is 2.22. The highest BCUT2D eigenvalue weighted by atomic mass is 35.5. The number of aromatic nitrogens is 1. The molecule has 0 radical (unpaired) electrons. The van der Waals surface area contributed by atoms with E-state index in [1.807, 2.05) is 55.6 Å². The van der Waals surface area contributed by atoms with E-state index in [9.17, 15) is 4.79 Å². The van der Waals surface area contributed by atoms with Crippen LogP contribution in [0.4, 0.5) is 0 Å². The molecule has 0 spiro atoms. The van der Waals surface area contributed by atoms with Crippen molar-refractivity contribution >= 4 is 28.4 Å². The molecule has 130 valence electrons. The fourth-order valence-electron chi connectivity index (χ4n) is 3.05. The van der Waals surface area contributed by atoms with E-state index in [1.54, 1.807) is 0 Å². The molecule has 25 heavy (non-hydrogen) atoms. The highest BCUT2D eigenvalue weighted by Crippen LogP contribution is 2.34. The molecule has 4 N–H and O–H groups in total. The van der Waals surface area contributed by atoms with Gasteiger partial charge in [-0.25, -0.2) is 0 Å². The molecule has 0 bridgehead atoms. The lowest BCUT2D eigenvalue weighted by Crippen LogP contribution is -2.41. The molecular weight excluding hydrogens is 334 g/mol. The summed E-state index contributed by atoms with van der Waals surface area (Å²) < 4.78 is 0. The van der Waals surface area contributed by atoms with E-state index < -0.39 is 6.04 Å². The third kappa shape index (κ3) is 3.70. The van der Waals surface area contributed by atoms with Crippen molar-refractivity contribution in [3.05, 3.63) is 70.9 Å². The first kappa shape index (κ1) is 17.5. The van der Waals surface area contributed by atoms with E-state index in [4.69, 9.17) is 17.3 Å². The first-order valence-corrected chi connectivity index (χ1v) is 8.83. The number of nitrogens with two attached hydrogens (primary N) is 1. The van der Waals surface area contributed by atoms with Crippen LogP contribution >= 0.6 is 11.6 Å². The lowest BCUT2D eigenvalue weighted by Gasteiger charge is -2.20. The van der Waals surface area contributed by atoms with Gasteiger partial charge in [-0.15, -0.1) is 0 Å². The second-order valence-electron chi connectivity index (χ2n) is 6.12. The van der Waals surface area contributed by atoms with E-state index >= 15 is 0 Å². The summed E-state index contributed by atoms with van der Waals surface area (Å²) in [6, 6.07) is 15.4. The van der Waals surface area contributed by atoms with E-state index in [0.717, 1.165) is 22.0 Å². The largest absolute Gasteiger partial charge is 0.361 e. The zero-order chi connectivity index (χ0) is 17.8. The van der Waals surface area contributed by atoms with Gasteiger partial charge in [0, 0.05) is 34.6 Å². The van der Waals surface area contributed by atoms with Gasteiger partial charge in [-0.1, -0.05) is 54.9 Å². The van der Waals surface area contributed by atoms with Crippen LogP contribution in [0.25, 0.3) is 10.9 Å². The molecule has 5 heteroatoms. The van der Waals surface area contributed by atoms with Gasteiger partial charge in [0.25, 0.3) is 0 Å². The van der Waals surface area contributed by atoms with Crippen LogP contribution in [0.15, 0.2) is 54.7 Å². The summed E-state index contributed by atoms with van der Waals surface area (Å²) in [6.45, 7) is 2.34. The lowest BCUT2D eigenvalue weighted by atomic mass is 9.90. The molecule has 4 nitrogen and oxygen atoms in total. The van der Waals surface area contributed by atoms with Gasteiger partial charge in [-0.05, 0) is 29.7 Å². The first-order chi connectivity index (χ1) is 12.1. The van der Waals surface area contributed by atoms with Crippen molar-refractivity contribution in [2.24, 2.45) is 5.73 Å². The SMILES string of the molecule is CC[C@H](N)C(=O)NCC(c1ccccc1Cl)c1c[nH]c2ccccc12. The molecule has 1 aromatic heterocycles. The minimum Gasteiger partial charge on any atom is -0.361 e. The molecule has 0 aliphatic carbocycles. The number of fused-ring (bicyclic) bond motifs is 1. The monoisotopic (exact) mass is 355 g/mol. The number of carbonyl (C=O) groups is 1. The van der Waals surface area contributed by atoms with Crippen LogP contribution in [0.3, 0.4) is 0 Å². The predicted molar refractivity (Wildman–Crippen MR) is 103 cm³/mol. The van der Waals surface area contributed by atoms with Gasteiger partial charge in [-0.2, -0.15) is 0 Å². The number of hydrogen-bond donors (Lipinski definition) is 3. The number of benzene rings is 2. The van der Waals surface area contributed by atoms with E-state index in [0.29, 0.717) is 18.0 Å². The predicted octanol–water partition coefficient (Wildman–Crippen LogP) is 3.81. The molecule has 3 aromatic rings. The second-order valence-corrected chi connectivity index (χ2v) is 6.53. The Bertz CT molecular complexity index is 874. The molecule has 1 unspecified atom stereocenters. The zero-order valence-corrected chi connectivity index (χ0v) is 14.9. The smallest absolute Gasteiger partial charge is 0.236 e. The van der Waals surface area contributed by atoms with Crippen LogP contribution < -0.4 is 11.1 Å². The summed E-state index contributed by atoms with van der Waals surface area (Å²) in [4.78, 5) is 15.4. The summed E-state index contributed by atoms with van der Waals surface area (Å²) in [5.74, 6) is -0.197. The van der Waals surface area contributed by atoms with Gasteiger partial charge in [0.15, 0.2) is 0 Å². The average Bonchev–Trinajstić information content (AvgIpc) is 3.06. The molecule has 1 heterocycles. The lowest BCUT2D eigenvalue weighted by molar-refractivity contribution is -0.122. The fraction of sp³-hybridized carbons (Fsp3) is 0.250. The molecule has 3 rings (SSSR count). The summed E-state index contributed by atoms with van der Waals surface area (Å²) >= 11 is 6.44. The number of aromatic amines is 1. The summed E-state index contributed by atoms with van der Waals surface area (Å²) in [6.07, 6.45) is 2.60. The molecule has 0 fully saturated rings. The number of carbonyl (C=O) groups excluding carboxylic acids is 1. The Balaban J connectivity index is 1.98. The van der Waals surface area contributed by atoms with Crippen molar-refractivity contribution in [2.75, 3.05) is 6.54 Å². The Morgan fingerprint density at radius 2 is 1.88 bits per heavy atom. The molecule has 2 aromatic carbocycles. The molecule has 0 saturated carbocycles. The van der Waals surface area contributed by atoms with Crippen LogP contribution in [0.5, 0.6) is 0 Å². The summed E-state index contributed by atoms with van der Waals surface area (Å²) in [7, 11) is 0. The molecule has 0 saturated heterocycles. The minimum atomic E-state index is -0.491. The van der Waals surface area contributed by atoms with Crippen LogP contribution in [0.2, 0.25) is 5.02 Å². The Labute approximate surface area is 152 Å². The van der Waals surface area contributed by atoms with Crippen molar-refractivity contribution in [1.29, 1.82) is 0 Å². The van der Waals surface area contributed by atoms with Gasteiger partial charge in [0.2, 0.25) is 5.91 Å². The van der Waals surface area contributed by atoms with Crippen molar-refractivity contribution in [2.45, 2.75) is 25.3 Å². The number of halogens is 1. The van der Waals surface area contributed by atoms with Gasteiger partial charge in [0.1, 0.15) is 0 Å². The van der Waals surface area contributed by atoms with Crippen LogP contribution in [0, 0.1) is 0 Å². The van der Waals surface area contributed by atoms with Crippen molar-refractivity contribution in [1.82, 2.24) is 10.3 Å². The molecule has 0 aliphatic heterocycles. The van der Waals surface area contributed by atoms with E-state index in [2.05, 4.69) is 16.4 Å². The molecule has 1 amide bonds. The van der Waals surface area contributed by atoms with Crippen molar-refractivity contribution in [3.8, 4) is 0 Å². The third-order valence-corrected chi connectivity index (χ3v) is 4.88. The Hall–Kier alpha value is -2.30. The minimum absolute atomic E-state index is 0.0575. The fourth-order valence-corrected chi connectivity index (χ4v) is 3.31. The average molecular weight is 356 g/mol. The summed E-state index contributed by atoms with van der Waals surface area (Å²) in [5, 5.41) is 4.79. The number of rotatable bonds is 6. The Morgan fingerprint density at radius 1 is 1.16 bits per heavy atom. The van der Waals surface area contributed by atoms with Crippen molar-refractivity contribution in [3.63, 3.8) is 0 Å². The quantitative estimate of drug-likeness (QED) is 0.629. The number of amides is 1. The van der Waals surface area contributed by atoms with Crippen LogP contribution in [0.1, 0.15) is 30.4 Å². The van der Waals surface area contributed by atoms with E-state index in [1.165, 1.54) is 0 Å². The number of H-pyrrole nitrogens is 1. The maximum atomic E-state index is 12.2. The third-order valence-electron chi connectivity index (χ3n) is 4.53. The van der Waals surface area contributed by atoms with Crippen LogP contribution in [-0.4, -0.2) is 23.5 Å². The standard InChI is InChI=1S/C20H22ClN3O/c1-2-18(22)20(25)24-12-15(13-7-3-5-9-17(13)21)16-11-23-19-10-6-4-8-14(16)19/h3-11,15,18,23H,2,12,22H2,1H3,(H,24,25)/t15?,18-/m0/s1. The van der Waals surface area contributed by atoms with Gasteiger partial charge < -0.3 is 16.0 Å². The number of hydrogen-bond acceptors (Lipinski definition) is 2. The zero-order valence-electron chi connectivity index (χ0n) is 14.1. The maximum absolute atomic E-state index is 12.2. The Kier molecular flexibility index (Phi) is 5.41. The molecule has 0 aliphatic rings. The van der Waals surface area contributed by atoms with Crippen LogP contribution in [-0.2, 0) is 4.79 Å². The normalized spacial score (nSPS) is 13.6. The number of para-hydroxylation sites is 1. The summed E-state index contributed by atoms with van der Waals surface area (Å²) in [5.41, 5.74) is 8.99. The number of nitrogens with one attached hydrogen (secondary N) is 2. The topological polar surface area (TPSA) is 70.9 Å². The maximum Gasteiger partial charge on any atom is 0.236 e. The van der Waals surface area contributed by atoms with Crippen molar-refractivity contribution < 1.29 is 4.79 Å². The highest BCUT2D eigenvalue weighted by molar-refractivity contribution is 6.31. The first-order valence-electron chi connectivity index (χ1n) is 8.45. The van der Waals surface area contributed by atoms with Gasteiger partial charge in [0.05, 0.1) is 6.04 Å². The van der Waals surface area contributed by atoms with E-state index in [-0.39, 0.29) is 11.8 Å². The molecular formula is C20H22ClN3O. The van der Waals surface area contributed by atoms with Gasteiger partial charge >= 0.3 is 0 Å². The molecule has 2 atom stereocenters. The van der Waals surface area contributed by atoms with Gasteiger partial charge in [-0.3, -0.25) is 4.79 Å². The second kappa shape index (κ2) is 7.72. The Morgan fingerprint density at radius 3 is 2.64 bits per heavy atom.